The van der Waals surface area contributed by atoms with Crippen LogP contribution in [-0.2, 0) is 9.47 Å². The van der Waals surface area contributed by atoms with E-state index in [9.17, 15) is 4.79 Å². The number of aliphatic imine (C=N–C) groups is 1. The first-order valence-corrected chi connectivity index (χ1v) is 9.33. The fourth-order valence-corrected chi connectivity index (χ4v) is 2.11. The van der Waals surface area contributed by atoms with E-state index < -0.39 is 11.7 Å². The third kappa shape index (κ3) is 16.7. The van der Waals surface area contributed by atoms with Gasteiger partial charge < -0.3 is 25.4 Å². The molecular formula is C18H39IN4O3. The zero-order valence-electron chi connectivity index (χ0n) is 17.3. The Bertz CT molecular complexity index is 387. The Kier molecular flexibility index (Phi) is 17.3. The van der Waals surface area contributed by atoms with E-state index >= 15 is 0 Å². The highest BCUT2D eigenvalue weighted by Crippen LogP contribution is 2.07. The number of amides is 1. The SMILES string of the molecule is CCCCC(CNC(=O)OC(C)(C)C)NC(=NCCCOC)NCC.I. The number of hydrogen-bond acceptors (Lipinski definition) is 4. The van der Waals surface area contributed by atoms with Crippen molar-refractivity contribution in [3.05, 3.63) is 0 Å². The highest BCUT2D eigenvalue weighted by atomic mass is 127. The van der Waals surface area contributed by atoms with Gasteiger partial charge in [-0.2, -0.15) is 0 Å². The van der Waals surface area contributed by atoms with Crippen LogP contribution in [0, 0.1) is 0 Å². The monoisotopic (exact) mass is 486 g/mol. The Morgan fingerprint density at radius 1 is 1.15 bits per heavy atom. The summed E-state index contributed by atoms with van der Waals surface area (Å²) in [7, 11) is 1.69. The summed E-state index contributed by atoms with van der Waals surface area (Å²) in [5.41, 5.74) is -0.492. The first-order valence-electron chi connectivity index (χ1n) is 9.33. The number of carbonyl (C=O) groups is 1. The van der Waals surface area contributed by atoms with Gasteiger partial charge in [-0.05, 0) is 40.5 Å². The first kappa shape index (κ1) is 27.4. The van der Waals surface area contributed by atoms with E-state index in [1.165, 1.54) is 0 Å². The molecule has 0 aliphatic heterocycles. The molecule has 1 atom stereocenters. The lowest BCUT2D eigenvalue weighted by Crippen LogP contribution is -2.49. The molecular weight excluding hydrogens is 447 g/mol. The molecule has 0 aliphatic carbocycles. The molecule has 0 fully saturated rings. The molecule has 1 unspecified atom stereocenters. The largest absolute Gasteiger partial charge is 0.444 e. The van der Waals surface area contributed by atoms with Crippen molar-refractivity contribution in [1.29, 1.82) is 0 Å². The summed E-state index contributed by atoms with van der Waals surface area (Å²) in [6.45, 7) is 12.4. The van der Waals surface area contributed by atoms with Gasteiger partial charge in [0.05, 0.1) is 0 Å². The Morgan fingerprint density at radius 3 is 2.38 bits per heavy atom. The number of nitrogens with one attached hydrogen (secondary N) is 3. The number of rotatable bonds is 11. The zero-order chi connectivity index (χ0) is 19.1. The summed E-state index contributed by atoms with van der Waals surface area (Å²) < 4.78 is 10.4. The molecule has 0 aromatic rings. The van der Waals surface area contributed by atoms with E-state index in [0.717, 1.165) is 38.2 Å². The van der Waals surface area contributed by atoms with Gasteiger partial charge in [-0.3, -0.25) is 4.99 Å². The van der Waals surface area contributed by atoms with Gasteiger partial charge in [0.1, 0.15) is 5.60 Å². The molecule has 0 aliphatic rings. The highest BCUT2D eigenvalue weighted by molar-refractivity contribution is 14.0. The van der Waals surface area contributed by atoms with Crippen LogP contribution in [0.25, 0.3) is 0 Å². The van der Waals surface area contributed by atoms with Gasteiger partial charge >= 0.3 is 6.09 Å². The van der Waals surface area contributed by atoms with Crippen molar-refractivity contribution in [3.8, 4) is 0 Å². The van der Waals surface area contributed by atoms with Crippen LogP contribution >= 0.6 is 24.0 Å². The lowest BCUT2D eigenvalue weighted by atomic mass is 10.1. The maximum absolute atomic E-state index is 11.9. The first-order chi connectivity index (χ1) is 11.8. The minimum Gasteiger partial charge on any atom is -0.444 e. The van der Waals surface area contributed by atoms with Crippen LogP contribution in [0.3, 0.4) is 0 Å². The average molecular weight is 486 g/mol. The smallest absolute Gasteiger partial charge is 0.407 e. The molecule has 0 bridgehead atoms. The second-order valence-corrected chi connectivity index (χ2v) is 6.97. The number of carbonyl (C=O) groups excluding carboxylic acids is 1. The van der Waals surface area contributed by atoms with Gasteiger partial charge in [-0.25, -0.2) is 4.79 Å². The topological polar surface area (TPSA) is 84.0 Å². The summed E-state index contributed by atoms with van der Waals surface area (Å²) in [4.78, 5) is 16.4. The number of nitrogens with zero attached hydrogens (tertiary/aromatic N) is 1. The van der Waals surface area contributed by atoms with E-state index in [2.05, 4.69) is 27.9 Å². The number of guanidine groups is 1. The van der Waals surface area contributed by atoms with Crippen LogP contribution < -0.4 is 16.0 Å². The zero-order valence-corrected chi connectivity index (χ0v) is 19.6. The summed E-state index contributed by atoms with van der Waals surface area (Å²) >= 11 is 0. The van der Waals surface area contributed by atoms with Gasteiger partial charge in [0.15, 0.2) is 5.96 Å². The molecule has 0 radical (unpaired) electrons. The Hall–Kier alpha value is -0.770. The fourth-order valence-electron chi connectivity index (χ4n) is 2.11. The van der Waals surface area contributed by atoms with Crippen LogP contribution in [0.2, 0.25) is 0 Å². The third-order valence-electron chi connectivity index (χ3n) is 3.26. The number of unbranched alkanes of at least 4 members (excludes halogenated alkanes) is 1. The Morgan fingerprint density at radius 2 is 1.85 bits per heavy atom. The minimum atomic E-state index is -0.492. The quantitative estimate of drug-likeness (QED) is 0.181. The Labute approximate surface area is 176 Å². The molecule has 3 N–H and O–H groups in total. The van der Waals surface area contributed by atoms with Crippen molar-refractivity contribution in [2.24, 2.45) is 4.99 Å². The van der Waals surface area contributed by atoms with Crippen molar-refractivity contribution in [1.82, 2.24) is 16.0 Å². The van der Waals surface area contributed by atoms with E-state index in [0.29, 0.717) is 19.7 Å². The number of hydrogen-bond donors (Lipinski definition) is 3. The fraction of sp³-hybridized carbons (Fsp3) is 0.889. The van der Waals surface area contributed by atoms with E-state index in [-0.39, 0.29) is 30.0 Å². The second-order valence-electron chi connectivity index (χ2n) is 6.97. The van der Waals surface area contributed by atoms with Gasteiger partial charge in [-0.1, -0.05) is 19.8 Å². The minimum absolute atomic E-state index is 0. The van der Waals surface area contributed by atoms with Crippen LogP contribution in [0.15, 0.2) is 4.99 Å². The van der Waals surface area contributed by atoms with E-state index in [1.807, 2.05) is 27.7 Å². The van der Waals surface area contributed by atoms with Gasteiger partial charge in [0.2, 0.25) is 0 Å². The number of halogens is 1. The van der Waals surface area contributed by atoms with Crippen molar-refractivity contribution in [3.63, 3.8) is 0 Å². The molecule has 1 amide bonds. The summed E-state index contributed by atoms with van der Waals surface area (Å²) in [5, 5.41) is 9.50. The molecule has 0 aromatic heterocycles. The molecule has 0 saturated heterocycles. The van der Waals surface area contributed by atoms with Crippen molar-refractivity contribution in [2.75, 3.05) is 33.4 Å². The van der Waals surface area contributed by atoms with Crippen molar-refractivity contribution < 1.29 is 14.3 Å². The van der Waals surface area contributed by atoms with Crippen LogP contribution in [0.4, 0.5) is 4.79 Å². The molecule has 0 spiro atoms. The molecule has 156 valence electrons. The molecule has 7 nitrogen and oxygen atoms in total. The summed E-state index contributed by atoms with van der Waals surface area (Å²) in [6, 6.07) is 0.104. The van der Waals surface area contributed by atoms with Crippen LogP contribution in [-0.4, -0.2) is 57.0 Å². The maximum Gasteiger partial charge on any atom is 0.407 e. The van der Waals surface area contributed by atoms with Gasteiger partial charge in [0, 0.05) is 39.4 Å². The molecule has 0 heterocycles. The standard InChI is InChI=1S/C18H38N4O3.HI/c1-7-9-11-15(14-21-17(23)25-18(3,4)5)22-16(19-8-2)20-12-10-13-24-6;/h15H,7-14H2,1-6H3,(H,21,23)(H2,19,20,22);1H. The van der Waals surface area contributed by atoms with Crippen molar-refractivity contribution in [2.45, 2.75) is 71.9 Å². The summed E-state index contributed by atoms with van der Waals surface area (Å²) in [5.74, 6) is 0.769. The van der Waals surface area contributed by atoms with Crippen LogP contribution in [0.5, 0.6) is 0 Å². The van der Waals surface area contributed by atoms with E-state index in [4.69, 9.17) is 9.47 Å². The van der Waals surface area contributed by atoms with Gasteiger partial charge in [0.25, 0.3) is 0 Å². The lowest BCUT2D eigenvalue weighted by molar-refractivity contribution is 0.0522. The van der Waals surface area contributed by atoms with Crippen molar-refractivity contribution >= 4 is 36.0 Å². The van der Waals surface area contributed by atoms with Crippen LogP contribution in [0.1, 0.15) is 60.3 Å². The number of alkyl carbamates (subject to hydrolysis) is 1. The normalized spacial score (nSPS) is 12.8. The maximum atomic E-state index is 11.9. The predicted molar refractivity (Wildman–Crippen MR) is 119 cm³/mol. The third-order valence-corrected chi connectivity index (χ3v) is 3.26. The lowest BCUT2D eigenvalue weighted by Gasteiger charge is -2.24. The molecule has 0 saturated carbocycles. The second kappa shape index (κ2) is 16.4. The Balaban J connectivity index is 0. The molecule has 8 heteroatoms. The number of ether oxygens (including phenoxy) is 2. The van der Waals surface area contributed by atoms with E-state index in [1.54, 1.807) is 7.11 Å². The summed E-state index contributed by atoms with van der Waals surface area (Å²) in [6.07, 6.45) is 3.62. The van der Waals surface area contributed by atoms with Gasteiger partial charge in [-0.15, -0.1) is 24.0 Å². The predicted octanol–water partition coefficient (Wildman–Crippen LogP) is 3.28. The number of methoxy groups -OCH3 is 1. The highest BCUT2D eigenvalue weighted by Gasteiger charge is 2.18. The molecule has 0 rings (SSSR count). The molecule has 0 aromatic carbocycles. The molecule has 26 heavy (non-hydrogen) atoms. The average Bonchev–Trinajstić information content (AvgIpc) is 2.52.